The number of para-hydroxylation sites is 1. The molecular formula is C10H10N4S. The van der Waals surface area contributed by atoms with E-state index in [4.69, 9.17) is 5.73 Å². The average molecular weight is 218 g/mol. The Labute approximate surface area is 91.5 Å². The van der Waals surface area contributed by atoms with Gasteiger partial charge in [0.2, 0.25) is 5.95 Å². The lowest BCUT2D eigenvalue weighted by molar-refractivity contribution is 0.896. The van der Waals surface area contributed by atoms with Gasteiger partial charge in [0.25, 0.3) is 0 Å². The number of nitrogens with zero attached hydrogens (tertiary/aromatic N) is 2. The molecule has 15 heavy (non-hydrogen) atoms. The molecule has 0 saturated carbocycles. The van der Waals surface area contributed by atoms with E-state index in [2.05, 4.69) is 22.1 Å². The summed E-state index contributed by atoms with van der Waals surface area (Å²) in [5, 5.41) is 0. The smallest absolute Gasteiger partial charge is 0.209 e. The van der Waals surface area contributed by atoms with Crippen molar-refractivity contribution in [1.29, 1.82) is 0 Å². The van der Waals surface area contributed by atoms with Gasteiger partial charge in [-0.3, -0.25) is 4.90 Å². The van der Waals surface area contributed by atoms with Crippen LogP contribution in [0.3, 0.4) is 0 Å². The zero-order chi connectivity index (χ0) is 10.3. The maximum absolute atomic E-state index is 6.05. The van der Waals surface area contributed by atoms with Crippen LogP contribution in [0.5, 0.6) is 0 Å². The number of fused-ring (bicyclic) bond motifs is 1. The van der Waals surface area contributed by atoms with Crippen molar-refractivity contribution in [3.8, 4) is 0 Å². The molecule has 5 heteroatoms. The zero-order valence-corrected chi connectivity index (χ0v) is 8.74. The normalized spacial score (nSPS) is 19.3. The third-order valence-corrected chi connectivity index (χ3v) is 3.39. The van der Waals surface area contributed by atoms with E-state index in [-0.39, 0.29) is 5.50 Å². The quantitative estimate of drug-likeness (QED) is 0.767. The van der Waals surface area contributed by atoms with Gasteiger partial charge in [0.15, 0.2) is 0 Å². The van der Waals surface area contributed by atoms with Crippen LogP contribution < -0.4 is 10.6 Å². The van der Waals surface area contributed by atoms with Gasteiger partial charge in [0.1, 0.15) is 5.50 Å². The molecule has 1 unspecified atom stereocenters. The summed E-state index contributed by atoms with van der Waals surface area (Å²) in [5.74, 6) is 0.792. The summed E-state index contributed by atoms with van der Waals surface area (Å²) in [6.45, 7) is 0. The Bertz CT molecular complexity index is 468. The third-order valence-electron chi connectivity index (χ3n) is 2.34. The number of thioether (sulfide) groups is 1. The molecule has 0 bridgehead atoms. The Morgan fingerprint density at radius 3 is 3.07 bits per heavy atom. The van der Waals surface area contributed by atoms with Gasteiger partial charge in [-0.25, -0.2) is 4.98 Å². The molecule has 1 aromatic carbocycles. The number of imidazole rings is 1. The fourth-order valence-electron chi connectivity index (χ4n) is 1.70. The SMILES string of the molecule is NC1Sc2ccccc2N1c1ncc[nH]1. The predicted octanol–water partition coefficient (Wildman–Crippen LogP) is 1.90. The maximum atomic E-state index is 6.05. The molecule has 4 nitrogen and oxygen atoms in total. The van der Waals surface area contributed by atoms with Crippen molar-refractivity contribution in [3.05, 3.63) is 36.7 Å². The van der Waals surface area contributed by atoms with Gasteiger partial charge in [-0.15, -0.1) is 0 Å². The van der Waals surface area contributed by atoms with Crippen molar-refractivity contribution in [1.82, 2.24) is 9.97 Å². The number of aromatic nitrogens is 2. The fraction of sp³-hybridized carbons (Fsp3) is 0.100. The van der Waals surface area contributed by atoms with E-state index in [0.29, 0.717) is 0 Å². The van der Waals surface area contributed by atoms with Crippen LogP contribution >= 0.6 is 11.8 Å². The van der Waals surface area contributed by atoms with Crippen LogP contribution in [-0.4, -0.2) is 15.5 Å². The summed E-state index contributed by atoms with van der Waals surface area (Å²) in [7, 11) is 0. The van der Waals surface area contributed by atoms with Crippen molar-refractivity contribution in [2.45, 2.75) is 10.4 Å². The lowest BCUT2D eigenvalue weighted by Crippen LogP contribution is -2.32. The van der Waals surface area contributed by atoms with Gasteiger partial charge in [0.05, 0.1) is 5.69 Å². The first-order valence-electron chi connectivity index (χ1n) is 4.66. The molecule has 1 aliphatic rings. The van der Waals surface area contributed by atoms with E-state index in [1.165, 1.54) is 4.90 Å². The molecule has 0 aliphatic carbocycles. The van der Waals surface area contributed by atoms with E-state index in [1.54, 1.807) is 24.2 Å². The second-order valence-corrected chi connectivity index (χ2v) is 4.42. The first-order valence-corrected chi connectivity index (χ1v) is 5.54. The van der Waals surface area contributed by atoms with Gasteiger partial charge in [-0.05, 0) is 12.1 Å². The summed E-state index contributed by atoms with van der Waals surface area (Å²) in [6, 6.07) is 8.15. The van der Waals surface area contributed by atoms with E-state index >= 15 is 0 Å². The van der Waals surface area contributed by atoms with Crippen molar-refractivity contribution in [2.24, 2.45) is 5.73 Å². The van der Waals surface area contributed by atoms with E-state index in [9.17, 15) is 0 Å². The molecule has 0 spiro atoms. The molecule has 1 aromatic heterocycles. The van der Waals surface area contributed by atoms with E-state index in [1.807, 2.05) is 17.0 Å². The lowest BCUT2D eigenvalue weighted by Gasteiger charge is -2.19. The number of nitrogens with two attached hydrogens (primary N) is 1. The van der Waals surface area contributed by atoms with Crippen LogP contribution in [0.1, 0.15) is 0 Å². The highest BCUT2D eigenvalue weighted by atomic mass is 32.2. The highest BCUT2D eigenvalue weighted by molar-refractivity contribution is 8.00. The van der Waals surface area contributed by atoms with Crippen LogP contribution in [0.25, 0.3) is 0 Å². The molecule has 0 amide bonds. The number of hydrogen-bond acceptors (Lipinski definition) is 4. The summed E-state index contributed by atoms with van der Waals surface area (Å²) >= 11 is 1.64. The second-order valence-electron chi connectivity index (χ2n) is 3.26. The van der Waals surface area contributed by atoms with Crippen molar-refractivity contribution in [2.75, 3.05) is 4.90 Å². The minimum atomic E-state index is -0.103. The molecule has 3 N–H and O–H groups in total. The maximum Gasteiger partial charge on any atom is 0.209 e. The molecule has 76 valence electrons. The van der Waals surface area contributed by atoms with Gasteiger partial charge >= 0.3 is 0 Å². The first-order chi connectivity index (χ1) is 7.36. The summed E-state index contributed by atoms with van der Waals surface area (Å²) in [5.41, 5.74) is 7.06. The number of hydrogen-bond donors (Lipinski definition) is 2. The van der Waals surface area contributed by atoms with Crippen LogP contribution in [0.2, 0.25) is 0 Å². The molecule has 3 rings (SSSR count). The van der Waals surface area contributed by atoms with Gasteiger partial charge in [0, 0.05) is 17.3 Å². The van der Waals surface area contributed by atoms with Crippen LogP contribution in [0.4, 0.5) is 11.6 Å². The number of rotatable bonds is 1. The molecule has 0 saturated heterocycles. The van der Waals surface area contributed by atoms with Crippen LogP contribution in [0, 0.1) is 0 Å². The summed E-state index contributed by atoms with van der Waals surface area (Å²) < 4.78 is 0. The number of aromatic amines is 1. The molecule has 2 heterocycles. The number of anilines is 2. The molecule has 1 atom stereocenters. The van der Waals surface area contributed by atoms with Gasteiger partial charge in [-0.1, -0.05) is 23.9 Å². The van der Waals surface area contributed by atoms with Crippen molar-refractivity contribution in [3.63, 3.8) is 0 Å². The molecule has 1 aliphatic heterocycles. The standard InChI is InChI=1S/C10H10N4S/c11-9-14(10-12-5-6-13-10)7-3-1-2-4-8(7)15-9/h1-6,9H,11H2,(H,12,13). The third kappa shape index (κ3) is 1.32. The Morgan fingerprint density at radius 1 is 1.40 bits per heavy atom. The monoisotopic (exact) mass is 218 g/mol. The fourth-order valence-corrected chi connectivity index (χ4v) is 2.72. The average Bonchev–Trinajstić information content (AvgIpc) is 2.82. The molecular weight excluding hydrogens is 208 g/mol. The highest BCUT2D eigenvalue weighted by Gasteiger charge is 2.29. The van der Waals surface area contributed by atoms with Gasteiger partial charge in [-0.2, -0.15) is 0 Å². The Hall–Kier alpha value is -1.46. The second kappa shape index (κ2) is 3.29. The molecule has 2 aromatic rings. The number of nitrogens with one attached hydrogen (secondary N) is 1. The number of H-pyrrole nitrogens is 1. The topological polar surface area (TPSA) is 57.9 Å². The number of benzene rings is 1. The van der Waals surface area contributed by atoms with Crippen LogP contribution in [-0.2, 0) is 0 Å². The zero-order valence-electron chi connectivity index (χ0n) is 7.92. The molecule has 0 fully saturated rings. The van der Waals surface area contributed by atoms with E-state index < -0.39 is 0 Å². The van der Waals surface area contributed by atoms with Crippen LogP contribution in [0.15, 0.2) is 41.6 Å². The Morgan fingerprint density at radius 2 is 2.27 bits per heavy atom. The molecule has 0 radical (unpaired) electrons. The summed E-state index contributed by atoms with van der Waals surface area (Å²) in [4.78, 5) is 10.5. The largest absolute Gasteiger partial charge is 0.331 e. The van der Waals surface area contributed by atoms with Gasteiger partial charge < -0.3 is 10.7 Å². The Kier molecular flexibility index (Phi) is 1.93. The Balaban J connectivity index is 2.10. The minimum absolute atomic E-state index is 0.103. The van der Waals surface area contributed by atoms with Crippen molar-refractivity contribution >= 4 is 23.4 Å². The first kappa shape index (κ1) is 8.82. The lowest BCUT2D eigenvalue weighted by atomic mass is 10.3. The minimum Gasteiger partial charge on any atom is -0.331 e. The predicted molar refractivity (Wildman–Crippen MR) is 61.0 cm³/mol. The highest BCUT2D eigenvalue weighted by Crippen LogP contribution is 2.43. The summed E-state index contributed by atoms with van der Waals surface area (Å²) in [6.07, 6.45) is 3.53. The van der Waals surface area contributed by atoms with E-state index in [0.717, 1.165) is 11.6 Å². The van der Waals surface area contributed by atoms with Crippen molar-refractivity contribution < 1.29 is 0 Å².